The van der Waals surface area contributed by atoms with E-state index < -0.39 is 12.0 Å². The van der Waals surface area contributed by atoms with E-state index in [1.807, 2.05) is 0 Å². The SMILES string of the molecule is NC(=O)CC(O)Cn1cncn1. The zero-order chi connectivity index (χ0) is 8.97. The average Bonchev–Trinajstić information content (AvgIpc) is 2.37. The number of hydrogen-bond acceptors (Lipinski definition) is 4. The summed E-state index contributed by atoms with van der Waals surface area (Å²) in [6, 6.07) is 0. The summed E-state index contributed by atoms with van der Waals surface area (Å²) in [5.74, 6) is -0.525. The van der Waals surface area contributed by atoms with Crippen LogP contribution in [0.5, 0.6) is 0 Å². The highest BCUT2D eigenvalue weighted by atomic mass is 16.3. The lowest BCUT2D eigenvalue weighted by atomic mass is 10.2. The zero-order valence-corrected chi connectivity index (χ0v) is 6.42. The first-order chi connectivity index (χ1) is 5.68. The first kappa shape index (κ1) is 8.66. The highest BCUT2D eigenvalue weighted by Gasteiger charge is 2.08. The monoisotopic (exact) mass is 170 g/mol. The number of aliphatic hydroxyl groups excluding tert-OH is 1. The number of nitrogens with zero attached hydrogens (tertiary/aromatic N) is 3. The maximum atomic E-state index is 10.4. The number of carbonyl (C=O) groups excluding carboxylic acids is 1. The molecule has 12 heavy (non-hydrogen) atoms. The van der Waals surface area contributed by atoms with Gasteiger partial charge in [0.25, 0.3) is 0 Å². The minimum atomic E-state index is -0.788. The molecule has 0 spiro atoms. The molecule has 1 heterocycles. The van der Waals surface area contributed by atoms with Gasteiger partial charge in [0, 0.05) is 0 Å². The first-order valence-corrected chi connectivity index (χ1v) is 3.47. The van der Waals surface area contributed by atoms with E-state index >= 15 is 0 Å². The van der Waals surface area contributed by atoms with Crippen LogP contribution in [0.2, 0.25) is 0 Å². The van der Waals surface area contributed by atoms with Crippen LogP contribution in [0.4, 0.5) is 0 Å². The molecule has 0 aliphatic heterocycles. The van der Waals surface area contributed by atoms with E-state index in [2.05, 4.69) is 10.1 Å². The molecule has 1 atom stereocenters. The maximum absolute atomic E-state index is 10.4. The van der Waals surface area contributed by atoms with Crippen LogP contribution in [0.15, 0.2) is 12.7 Å². The zero-order valence-electron chi connectivity index (χ0n) is 6.42. The molecule has 6 nitrogen and oxygen atoms in total. The van der Waals surface area contributed by atoms with Crippen molar-refractivity contribution in [2.24, 2.45) is 5.73 Å². The number of hydrogen-bond donors (Lipinski definition) is 2. The molecule has 0 aliphatic carbocycles. The Bertz CT molecular complexity index is 246. The van der Waals surface area contributed by atoms with Crippen LogP contribution in [0.25, 0.3) is 0 Å². The first-order valence-electron chi connectivity index (χ1n) is 3.47. The third-order valence-corrected chi connectivity index (χ3v) is 1.30. The van der Waals surface area contributed by atoms with Crippen LogP contribution >= 0.6 is 0 Å². The summed E-state index contributed by atoms with van der Waals surface area (Å²) in [5.41, 5.74) is 4.88. The fourth-order valence-electron chi connectivity index (χ4n) is 0.840. The average molecular weight is 170 g/mol. The highest BCUT2D eigenvalue weighted by Crippen LogP contribution is 1.93. The van der Waals surface area contributed by atoms with Crippen LogP contribution in [-0.4, -0.2) is 31.9 Å². The van der Waals surface area contributed by atoms with Crippen LogP contribution in [0.3, 0.4) is 0 Å². The van der Waals surface area contributed by atoms with Gasteiger partial charge in [-0.1, -0.05) is 0 Å². The molecule has 1 unspecified atom stereocenters. The van der Waals surface area contributed by atoms with Crippen LogP contribution < -0.4 is 5.73 Å². The van der Waals surface area contributed by atoms with Crippen molar-refractivity contribution in [3.05, 3.63) is 12.7 Å². The summed E-state index contributed by atoms with van der Waals surface area (Å²) in [6.07, 6.45) is 1.98. The van der Waals surface area contributed by atoms with Gasteiger partial charge in [0.2, 0.25) is 5.91 Å². The minimum Gasteiger partial charge on any atom is -0.391 e. The van der Waals surface area contributed by atoms with Crippen molar-refractivity contribution in [1.82, 2.24) is 14.8 Å². The predicted octanol–water partition coefficient (Wildman–Crippen LogP) is -1.49. The van der Waals surface area contributed by atoms with Crippen molar-refractivity contribution in [2.45, 2.75) is 19.1 Å². The molecule has 1 aromatic rings. The number of carbonyl (C=O) groups is 1. The standard InChI is InChI=1S/C6H10N4O2/c7-6(12)1-5(11)2-10-4-8-3-9-10/h3-5,11H,1-2H2,(H2,7,12). The Morgan fingerprint density at radius 3 is 3.00 bits per heavy atom. The minimum absolute atomic E-state index is 0.0557. The van der Waals surface area contributed by atoms with E-state index in [0.717, 1.165) is 0 Å². The normalized spacial score (nSPS) is 12.8. The number of amides is 1. The van der Waals surface area contributed by atoms with E-state index in [1.54, 1.807) is 0 Å². The molecule has 3 N–H and O–H groups in total. The molecule has 66 valence electrons. The van der Waals surface area contributed by atoms with Crippen molar-refractivity contribution in [1.29, 1.82) is 0 Å². The molecule has 1 amide bonds. The number of aromatic nitrogens is 3. The third-order valence-electron chi connectivity index (χ3n) is 1.30. The second-order valence-corrected chi connectivity index (χ2v) is 2.44. The Balaban J connectivity index is 2.36. The number of aliphatic hydroxyl groups is 1. The molecule has 0 saturated carbocycles. The molecule has 0 fully saturated rings. The van der Waals surface area contributed by atoms with Crippen molar-refractivity contribution in [3.8, 4) is 0 Å². The fraction of sp³-hybridized carbons (Fsp3) is 0.500. The van der Waals surface area contributed by atoms with Crippen molar-refractivity contribution < 1.29 is 9.90 Å². The number of rotatable bonds is 4. The van der Waals surface area contributed by atoms with Crippen LogP contribution in [-0.2, 0) is 11.3 Å². The third kappa shape index (κ3) is 2.67. The number of nitrogens with two attached hydrogens (primary N) is 1. The molecular weight excluding hydrogens is 160 g/mol. The van der Waals surface area contributed by atoms with Gasteiger partial charge in [-0.3, -0.25) is 9.48 Å². The Hall–Kier alpha value is -1.43. The van der Waals surface area contributed by atoms with E-state index in [0.29, 0.717) is 0 Å². The Labute approximate surface area is 69.0 Å². The summed E-state index contributed by atoms with van der Waals surface area (Å²) < 4.78 is 1.44. The molecule has 0 bridgehead atoms. The molecule has 1 rings (SSSR count). The Morgan fingerprint density at radius 1 is 1.75 bits per heavy atom. The summed E-state index contributed by atoms with van der Waals surface area (Å²) in [4.78, 5) is 14.0. The topological polar surface area (TPSA) is 94.0 Å². The summed E-state index contributed by atoms with van der Waals surface area (Å²) >= 11 is 0. The van der Waals surface area contributed by atoms with E-state index in [1.165, 1.54) is 17.3 Å². The van der Waals surface area contributed by atoms with Gasteiger partial charge < -0.3 is 10.8 Å². The summed E-state index contributed by atoms with van der Waals surface area (Å²) in [7, 11) is 0. The highest BCUT2D eigenvalue weighted by molar-refractivity contribution is 5.74. The predicted molar refractivity (Wildman–Crippen MR) is 39.8 cm³/mol. The summed E-state index contributed by atoms with van der Waals surface area (Å²) in [6.45, 7) is 0.239. The Morgan fingerprint density at radius 2 is 2.50 bits per heavy atom. The lowest BCUT2D eigenvalue weighted by Gasteiger charge is -2.06. The lowest BCUT2D eigenvalue weighted by molar-refractivity contribution is -0.120. The van der Waals surface area contributed by atoms with Crippen molar-refractivity contribution in [3.63, 3.8) is 0 Å². The second-order valence-electron chi connectivity index (χ2n) is 2.44. The Kier molecular flexibility index (Phi) is 2.76. The van der Waals surface area contributed by atoms with Crippen molar-refractivity contribution in [2.75, 3.05) is 0 Å². The van der Waals surface area contributed by atoms with Gasteiger partial charge in [0.1, 0.15) is 12.7 Å². The van der Waals surface area contributed by atoms with Gasteiger partial charge in [-0.05, 0) is 0 Å². The van der Waals surface area contributed by atoms with Gasteiger partial charge >= 0.3 is 0 Å². The van der Waals surface area contributed by atoms with E-state index in [-0.39, 0.29) is 13.0 Å². The molecular formula is C6H10N4O2. The van der Waals surface area contributed by atoms with Gasteiger partial charge in [-0.2, -0.15) is 5.10 Å². The van der Waals surface area contributed by atoms with E-state index in [4.69, 9.17) is 5.73 Å². The van der Waals surface area contributed by atoms with Gasteiger partial charge in [-0.25, -0.2) is 4.98 Å². The lowest BCUT2D eigenvalue weighted by Crippen LogP contribution is -2.24. The smallest absolute Gasteiger partial charge is 0.220 e. The van der Waals surface area contributed by atoms with Crippen LogP contribution in [0, 0.1) is 0 Å². The molecule has 6 heteroatoms. The largest absolute Gasteiger partial charge is 0.391 e. The number of primary amides is 1. The van der Waals surface area contributed by atoms with Gasteiger partial charge in [0.15, 0.2) is 0 Å². The van der Waals surface area contributed by atoms with Crippen molar-refractivity contribution >= 4 is 5.91 Å². The quantitative estimate of drug-likeness (QED) is 0.575. The second kappa shape index (κ2) is 3.82. The van der Waals surface area contributed by atoms with Crippen LogP contribution in [0.1, 0.15) is 6.42 Å². The van der Waals surface area contributed by atoms with Gasteiger partial charge in [-0.15, -0.1) is 0 Å². The molecule has 0 aromatic carbocycles. The van der Waals surface area contributed by atoms with Gasteiger partial charge in [0.05, 0.1) is 19.1 Å². The molecule has 1 aromatic heterocycles. The summed E-state index contributed by atoms with van der Waals surface area (Å²) in [5, 5.41) is 13.0. The fourth-order valence-corrected chi connectivity index (χ4v) is 0.840. The van der Waals surface area contributed by atoms with E-state index in [9.17, 15) is 9.90 Å². The maximum Gasteiger partial charge on any atom is 0.220 e. The molecule has 0 aliphatic rings. The molecule has 0 saturated heterocycles. The molecule has 0 radical (unpaired) electrons.